The fraction of sp³-hybridized carbons (Fsp3) is 0.588. The van der Waals surface area contributed by atoms with Gasteiger partial charge >= 0.3 is 0 Å². The molecule has 0 bridgehead atoms. The Morgan fingerprint density at radius 2 is 1.70 bits per heavy atom. The molecule has 0 aromatic heterocycles. The number of hydrogen-bond acceptors (Lipinski definition) is 2. The molecular formula is C17H25NO2. The van der Waals surface area contributed by atoms with Crippen molar-refractivity contribution in [3.8, 4) is 5.75 Å². The number of methoxy groups -OCH3 is 1. The minimum Gasteiger partial charge on any atom is -0.497 e. The molecule has 0 atom stereocenters. The molecule has 2 rings (SSSR count). The molecule has 1 saturated carbocycles. The standard InChI is InChI=1S/C17H25NO2/c1-4-12-18(13-5-2)16(19)17(10-11-17)14-6-8-15(20-3)9-7-14/h6-9H,4-5,10-13H2,1-3H3. The molecule has 1 aliphatic carbocycles. The van der Waals surface area contributed by atoms with Crippen LogP contribution in [-0.2, 0) is 10.2 Å². The number of nitrogens with zero attached hydrogens (tertiary/aromatic N) is 1. The Morgan fingerprint density at radius 1 is 1.15 bits per heavy atom. The summed E-state index contributed by atoms with van der Waals surface area (Å²) in [5.74, 6) is 1.15. The molecule has 0 saturated heterocycles. The van der Waals surface area contributed by atoms with E-state index in [9.17, 15) is 4.79 Å². The predicted octanol–water partition coefficient (Wildman–Crippen LogP) is 3.38. The second-order valence-corrected chi connectivity index (χ2v) is 5.60. The van der Waals surface area contributed by atoms with Gasteiger partial charge in [-0.15, -0.1) is 0 Å². The summed E-state index contributed by atoms with van der Waals surface area (Å²) in [6, 6.07) is 7.99. The average molecular weight is 275 g/mol. The first-order valence-corrected chi connectivity index (χ1v) is 7.62. The topological polar surface area (TPSA) is 29.5 Å². The molecule has 1 aliphatic rings. The molecule has 0 unspecified atom stereocenters. The Hall–Kier alpha value is -1.51. The quantitative estimate of drug-likeness (QED) is 0.763. The Labute approximate surface area is 121 Å². The molecule has 110 valence electrons. The number of carbonyl (C=O) groups is 1. The Kier molecular flexibility index (Phi) is 4.69. The monoisotopic (exact) mass is 275 g/mol. The first-order valence-electron chi connectivity index (χ1n) is 7.62. The van der Waals surface area contributed by atoms with Crippen molar-refractivity contribution < 1.29 is 9.53 Å². The zero-order chi connectivity index (χ0) is 14.6. The number of amides is 1. The van der Waals surface area contributed by atoms with Gasteiger partial charge in [0, 0.05) is 13.1 Å². The lowest BCUT2D eigenvalue weighted by molar-refractivity contribution is -0.134. The van der Waals surface area contributed by atoms with Crippen molar-refractivity contribution in [2.45, 2.75) is 44.9 Å². The van der Waals surface area contributed by atoms with E-state index in [1.54, 1.807) is 7.11 Å². The van der Waals surface area contributed by atoms with Crippen LogP contribution < -0.4 is 4.74 Å². The first-order chi connectivity index (χ1) is 9.67. The Morgan fingerprint density at radius 3 is 2.10 bits per heavy atom. The Balaban J connectivity index is 2.18. The third-order valence-electron chi connectivity index (χ3n) is 4.08. The van der Waals surface area contributed by atoms with Gasteiger partial charge in [-0.2, -0.15) is 0 Å². The van der Waals surface area contributed by atoms with Crippen LogP contribution in [0.5, 0.6) is 5.75 Å². The Bertz CT molecular complexity index is 443. The van der Waals surface area contributed by atoms with Crippen molar-refractivity contribution in [1.29, 1.82) is 0 Å². The highest BCUT2D eigenvalue weighted by Gasteiger charge is 2.52. The number of benzene rings is 1. The summed E-state index contributed by atoms with van der Waals surface area (Å²) < 4.78 is 5.19. The van der Waals surface area contributed by atoms with E-state index in [0.29, 0.717) is 5.91 Å². The third kappa shape index (κ3) is 2.82. The van der Waals surface area contributed by atoms with Crippen LogP contribution in [0.25, 0.3) is 0 Å². The van der Waals surface area contributed by atoms with E-state index in [-0.39, 0.29) is 5.41 Å². The van der Waals surface area contributed by atoms with E-state index >= 15 is 0 Å². The number of ether oxygens (including phenoxy) is 1. The molecule has 0 aliphatic heterocycles. The molecule has 3 heteroatoms. The second-order valence-electron chi connectivity index (χ2n) is 5.60. The van der Waals surface area contributed by atoms with Crippen LogP contribution in [-0.4, -0.2) is 31.0 Å². The zero-order valence-electron chi connectivity index (χ0n) is 12.8. The van der Waals surface area contributed by atoms with E-state index in [4.69, 9.17) is 4.74 Å². The zero-order valence-corrected chi connectivity index (χ0v) is 12.8. The number of rotatable bonds is 7. The van der Waals surface area contributed by atoms with Gasteiger partial charge in [0.15, 0.2) is 0 Å². The van der Waals surface area contributed by atoms with Gasteiger partial charge in [0.1, 0.15) is 5.75 Å². The molecule has 0 N–H and O–H groups in total. The van der Waals surface area contributed by atoms with Crippen LogP contribution in [0.4, 0.5) is 0 Å². The molecular weight excluding hydrogens is 250 g/mol. The van der Waals surface area contributed by atoms with E-state index in [0.717, 1.165) is 50.1 Å². The third-order valence-corrected chi connectivity index (χ3v) is 4.08. The van der Waals surface area contributed by atoms with E-state index in [1.807, 2.05) is 29.2 Å². The highest BCUT2D eigenvalue weighted by Crippen LogP contribution is 2.49. The lowest BCUT2D eigenvalue weighted by Crippen LogP contribution is -2.40. The van der Waals surface area contributed by atoms with Crippen molar-refractivity contribution >= 4 is 5.91 Å². The summed E-state index contributed by atoms with van der Waals surface area (Å²) in [6.07, 6.45) is 3.99. The van der Waals surface area contributed by atoms with Crippen molar-refractivity contribution in [2.75, 3.05) is 20.2 Å². The smallest absolute Gasteiger partial charge is 0.233 e. The van der Waals surface area contributed by atoms with Crippen molar-refractivity contribution in [1.82, 2.24) is 4.90 Å². The minimum atomic E-state index is -0.253. The largest absolute Gasteiger partial charge is 0.497 e. The second kappa shape index (κ2) is 6.29. The average Bonchev–Trinajstić information content (AvgIpc) is 3.28. The first kappa shape index (κ1) is 14.9. The summed E-state index contributed by atoms with van der Waals surface area (Å²) in [4.78, 5) is 14.9. The fourth-order valence-corrected chi connectivity index (χ4v) is 2.82. The maximum atomic E-state index is 12.9. The highest BCUT2D eigenvalue weighted by molar-refractivity contribution is 5.91. The minimum absolute atomic E-state index is 0.253. The molecule has 20 heavy (non-hydrogen) atoms. The van der Waals surface area contributed by atoms with Gasteiger partial charge in [-0.1, -0.05) is 26.0 Å². The van der Waals surface area contributed by atoms with Crippen LogP contribution in [0, 0.1) is 0 Å². The SMILES string of the molecule is CCCN(CCC)C(=O)C1(c2ccc(OC)cc2)CC1. The molecule has 1 fully saturated rings. The van der Waals surface area contributed by atoms with Crippen molar-refractivity contribution in [3.63, 3.8) is 0 Å². The van der Waals surface area contributed by atoms with Crippen LogP contribution in [0.1, 0.15) is 45.1 Å². The maximum Gasteiger partial charge on any atom is 0.233 e. The summed E-state index contributed by atoms with van der Waals surface area (Å²) >= 11 is 0. The number of hydrogen-bond donors (Lipinski definition) is 0. The molecule has 1 amide bonds. The van der Waals surface area contributed by atoms with Gasteiger partial charge in [-0.3, -0.25) is 4.79 Å². The predicted molar refractivity (Wildman–Crippen MR) is 81.1 cm³/mol. The summed E-state index contributed by atoms with van der Waals surface area (Å²) in [6.45, 7) is 5.99. The van der Waals surface area contributed by atoms with Gasteiger partial charge in [-0.25, -0.2) is 0 Å². The molecule has 3 nitrogen and oxygen atoms in total. The highest BCUT2D eigenvalue weighted by atomic mass is 16.5. The van der Waals surface area contributed by atoms with E-state index < -0.39 is 0 Å². The van der Waals surface area contributed by atoms with E-state index in [1.165, 1.54) is 0 Å². The van der Waals surface area contributed by atoms with E-state index in [2.05, 4.69) is 13.8 Å². The van der Waals surface area contributed by atoms with Gasteiger partial charge in [-0.05, 0) is 43.4 Å². The molecule has 1 aromatic carbocycles. The number of carbonyl (C=O) groups excluding carboxylic acids is 1. The van der Waals surface area contributed by atoms with Gasteiger partial charge < -0.3 is 9.64 Å². The van der Waals surface area contributed by atoms with Crippen LogP contribution >= 0.6 is 0 Å². The van der Waals surface area contributed by atoms with Gasteiger partial charge in [0.2, 0.25) is 5.91 Å². The fourth-order valence-electron chi connectivity index (χ4n) is 2.82. The molecule has 1 aromatic rings. The lowest BCUT2D eigenvalue weighted by atomic mass is 9.94. The molecule has 0 heterocycles. The maximum absolute atomic E-state index is 12.9. The van der Waals surface area contributed by atoms with Crippen LogP contribution in [0.3, 0.4) is 0 Å². The summed E-state index contributed by atoms with van der Waals surface area (Å²) in [5.41, 5.74) is 0.886. The normalized spacial score (nSPS) is 15.8. The molecule has 0 spiro atoms. The van der Waals surface area contributed by atoms with Crippen molar-refractivity contribution in [2.24, 2.45) is 0 Å². The molecule has 0 radical (unpaired) electrons. The van der Waals surface area contributed by atoms with Crippen LogP contribution in [0.2, 0.25) is 0 Å². The lowest BCUT2D eigenvalue weighted by Gasteiger charge is -2.27. The van der Waals surface area contributed by atoms with Crippen LogP contribution in [0.15, 0.2) is 24.3 Å². The van der Waals surface area contributed by atoms with Gasteiger partial charge in [0.25, 0.3) is 0 Å². The summed E-state index contributed by atoms with van der Waals surface area (Å²) in [5, 5.41) is 0. The van der Waals surface area contributed by atoms with Crippen molar-refractivity contribution in [3.05, 3.63) is 29.8 Å². The van der Waals surface area contributed by atoms with Gasteiger partial charge in [0.05, 0.1) is 12.5 Å². The summed E-state index contributed by atoms with van der Waals surface area (Å²) in [7, 11) is 1.66.